The van der Waals surface area contributed by atoms with Crippen molar-refractivity contribution < 1.29 is 4.74 Å². The molecule has 4 rings (SSSR count). The van der Waals surface area contributed by atoms with Crippen molar-refractivity contribution in [3.05, 3.63) is 35.4 Å². The highest BCUT2D eigenvalue weighted by molar-refractivity contribution is 5.63. The number of rotatable bonds is 2. The van der Waals surface area contributed by atoms with Gasteiger partial charge in [0.05, 0.1) is 0 Å². The molecule has 3 nitrogen and oxygen atoms in total. The van der Waals surface area contributed by atoms with E-state index in [0.29, 0.717) is 5.41 Å². The Kier molecular flexibility index (Phi) is 4.17. The van der Waals surface area contributed by atoms with Gasteiger partial charge in [-0.25, -0.2) is 0 Å². The Balaban J connectivity index is 1.45. The van der Waals surface area contributed by atoms with E-state index in [1.54, 1.807) is 0 Å². The number of fused-ring (bicyclic) bond motifs is 1. The number of nitrogens with zero attached hydrogens (tertiary/aromatic N) is 1. The molecule has 1 spiro atoms. The van der Waals surface area contributed by atoms with Crippen LogP contribution >= 0.6 is 0 Å². The van der Waals surface area contributed by atoms with Gasteiger partial charge < -0.3 is 10.1 Å². The molecule has 0 saturated carbocycles. The van der Waals surface area contributed by atoms with Crippen LogP contribution in [0.25, 0.3) is 6.08 Å². The maximum absolute atomic E-state index is 6.28. The molecule has 1 N–H and O–H groups in total. The average Bonchev–Trinajstić information content (AvgIpc) is 2.58. The van der Waals surface area contributed by atoms with Crippen LogP contribution in [0.5, 0.6) is 5.75 Å². The normalized spacial score (nSPS) is 25.2. The summed E-state index contributed by atoms with van der Waals surface area (Å²) in [5, 5.41) is 3.51. The van der Waals surface area contributed by atoms with Crippen molar-refractivity contribution in [2.75, 3.05) is 26.2 Å². The SMILES string of the molecule is CC1(C)C=Cc2cccc(CN3CCC4(CCNCC4)CC3)c2O1. The van der Waals surface area contributed by atoms with E-state index in [0.717, 1.165) is 12.3 Å². The summed E-state index contributed by atoms with van der Waals surface area (Å²) in [5.41, 5.74) is 2.98. The summed E-state index contributed by atoms with van der Waals surface area (Å²) in [6, 6.07) is 6.56. The zero-order valence-corrected chi connectivity index (χ0v) is 15.1. The first-order valence-electron chi connectivity index (χ1n) is 9.49. The highest BCUT2D eigenvalue weighted by Gasteiger charge is 2.35. The highest BCUT2D eigenvalue weighted by atomic mass is 16.5. The average molecular weight is 326 g/mol. The molecule has 3 heteroatoms. The number of nitrogens with one attached hydrogen (secondary N) is 1. The van der Waals surface area contributed by atoms with Crippen molar-refractivity contribution in [3.63, 3.8) is 0 Å². The summed E-state index contributed by atoms with van der Waals surface area (Å²) in [5.74, 6) is 1.09. The smallest absolute Gasteiger partial charge is 0.132 e. The second kappa shape index (κ2) is 6.20. The van der Waals surface area contributed by atoms with Crippen molar-refractivity contribution in [1.82, 2.24) is 10.2 Å². The van der Waals surface area contributed by atoms with Gasteiger partial charge in [-0.3, -0.25) is 4.90 Å². The summed E-state index contributed by atoms with van der Waals surface area (Å²) >= 11 is 0. The molecular formula is C21H30N2O. The fraction of sp³-hybridized carbons (Fsp3) is 0.619. The highest BCUT2D eigenvalue weighted by Crippen LogP contribution is 2.40. The van der Waals surface area contributed by atoms with Crippen LogP contribution < -0.4 is 10.1 Å². The summed E-state index contributed by atoms with van der Waals surface area (Å²) in [4.78, 5) is 2.62. The van der Waals surface area contributed by atoms with E-state index in [1.165, 1.54) is 63.0 Å². The van der Waals surface area contributed by atoms with E-state index < -0.39 is 0 Å². The van der Waals surface area contributed by atoms with Gasteiger partial charge >= 0.3 is 0 Å². The molecule has 1 aromatic carbocycles. The molecule has 1 aromatic rings. The minimum Gasteiger partial charge on any atom is -0.483 e. The first-order chi connectivity index (χ1) is 11.6. The third kappa shape index (κ3) is 3.25. The lowest BCUT2D eigenvalue weighted by molar-refractivity contribution is 0.0688. The number of benzene rings is 1. The predicted octanol–water partition coefficient (Wildman–Crippen LogP) is 3.84. The van der Waals surface area contributed by atoms with Crippen LogP contribution in [0, 0.1) is 5.41 Å². The van der Waals surface area contributed by atoms with Crippen LogP contribution in [0.3, 0.4) is 0 Å². The Hall–Kier alpha value is -1.32. The third-order valence-electron chi connectivity index (χ3n) is 6.13. The lowest BCUT2D eigenvalue weighted by Gasteiger charge is -2.44. The predicted molar refractivity (Wildman–Crippen MR) is 99.2 cm³/mol. The third-order valence-corrected chi connectivity index (χ3v) is 6.13. The van der Waals surface area contributed by atoms with Gasteiger partial charge in [0.1, 0.15) is 11.4 Å². The Morgan fingerprint density at radius 1 is 1.08 bits per heavy atom. The van der Waals surface area contributed by atoms with Crippen LogP contribution in [0.2, 0.25) is 0 Å². The zero-order chi connectivity index (χ0) is 16.6. The molecule has 3 heterocycles. The van der Waals surface area contributed by atoms with Gasteiger partial charge in [-0.1, -0.05) is 24.3 Å². The summed E-state index contributed by atoms with van der Waals surface area (Å²) in [6.45, 7) is 10.1. The molecule has 2 saturated heterocycles. The molecule has 0 amide bonds. The first kappa shape index (κ1) is 16.2. The number of ether oxygens (including phenoxy) is 1. The minimum atomic E-state index is -0.204. The number of hydrogen-bond acceptors (Lipinski definition) is 3. The lowest BCUT2D eigenvalue weighted by Crippen LogP contribution is -2.45. The van der Waals surface area contributed by atoms with Crippen molar-refractivity contribution in [2.24, 2.45) is 5.41 Å². The molecular weight excluding hydrogens is 296 g/mol. The van der Waals surface area contributed by atoms with Crippen molar-refractivity contribution in [3.8, 4) is 5.75 Å². The van der Waals surface area contributed by atoms with E-state index >= 15 is 0 Å². The van der Waals surface area contributed by atoms with Gasteiger partial charge in [0, 0.05) is 17.7 Å². The molecule has 0 unspecified atom stereocenters. The summed E-state index contributed by atoms with van der Waals surface area (Å²) < 4.78 is 6.28. The van der Waals surface area contributed by atoms with Crippen LogP contribution in [-0.4, -0.2) is 36.7 Å². The van der Waals surface area contributed by atoms with Crippen LogP contribution in [0.15, 0.2) is 24.3 Å². The maximum atomic E-state index is 6.28. The molecule has 3 aliphatic rings. The van der Waals surface area contributed by atoms with Crippen molar-refractivity contribution in [1.29, 1.82) is 0 Å². The minimum absolute atomic E-state index is 0.204. The Bertz CT molecular complexity index is 619. The number of likely N-dealkylation sites (tertiary alicyclic amines) is 1. The Morgan fingerprint density at radius 2 is 1.83 bits per heavy atom. The number of para-hydroxylation sites is 1. The van der Waals surface area contributed by atoms with Gasteiger partial charge in [0.2, 0.25) is 0 Å². The topological polar surface area (TPSA) is 24.5 Å². The van der Waals surface area contributed by atoms with E-state index in [1.807, 2.05) is 0 Å². The van der Waals surface area contributed by atoms with Gasteiger partial charge in [0.25, 0.3) is 0 Å². The second-order valence-corrected chi connectivity index (χ2v) is 8.40. The molecule has 2 fully saturated rings. The zero-order valence-electron chi connectivity index (χ0n) is 15.1. The van der Waals surface area contributed by atoms with E-state index in [2.05, 4.69) is 54.4 Å². The molecule has 0 aromatic heterocycles. The molecule has 24 heavy (non-hydrogen) atoms. The first-order valence-corrected chi connectivity index (χ1v) is 9.49. The van der Waals surface area contributed by atoms with Gasteiger partial charge in [-0.15, -0.1) is 0 Å². The number of hydrogen-bond donors (Lipinski definition) is 1. The van der Waals surface area contributed by atoms with Crippen LogP contribution in [0.4, 0.5) is 0 Å². The maximum Gasteiger partial charge on any atom is 0.132 e. The molecule has 0 atom stereocenters. The van der Waals surface area contributed by atoms with E-state index in [9.17, 15) is 0 Å². The summed E-state index contributed by atoms with van der Waals surface area (Å²) in [6.07, 6.45) is 9.81. The second-order valence-electron chi connectivity index (χ2n) is 8.40. The van der Waals surface area contributed by atoms with Crippen molar-refractivity contribution >= 4 is 6.08 Å². The molecule has 0 radical (unpaired) electrons. The molecule has 3 aliphatic heterocycles. The largest absolute Gasteiger partial charge is 0.483 e. The monoisotopic (exact) mass is 326 g/mol. The number of piperidine rings is 2. The van der Waals surface area contributed by atoms with Crippen LogP contribution in [-0.2, 0) is 6.54 Å². The Labute approximate surface area is 146 Å². The lowest BCUT2D eigenvalue weighted by atomic mass is 9.71. The molecule has 130 valence electrons. The quantitative estimate of drug-likeness (QED) is 0.894. The van der Waals surface area contributed by atoms with Gasteiger partial charge in [-0.2, -0.15) is 0 Å². The molecule has 0 aliphatic carbocycles. The van der Waals surface area contributed by atoms with Crippen LogP contribution in [0.1, 0.15) is 50.7 Å². The summed E-state index contributed by atoms with van der Waals surface area (Å²) in [7, 11) is 0. The molecule has 0 bridgehead atoms. The van der Waals surface area contributed by atoms with E-state index in [-0.39, 0.29) is 5.60 Å². The van der Waals surface area contributed by atoms with Crippen molar-refractivity contribution in [2.45, 2.75) is 51.7 Å². The Morgan fingerprint density at radius 3 is 2.58 bits per heavy atom. The fourth-order valence-electron chi connectivity index (χ4n) is 4.46. The fourth-order valence-corrected chi connectivity index (χ4v) is 4.46. The standard InChI is InChI=1S/C21H30N2O/c1-20(2)7-6-17-4-3-5-18(19(17)24-20)16-23-14-10-21(11-15-23)8-12-22-13-9-21/h3-7,22H,8-16H2,1-2H3. The van der Waals surface area contributed by atoms with Gasteiger partial charge in [-0.05, 0) is 77.2 Å². The van der Waals surface area contributed by atoms with Gasteiger partial charge in [0.15, 0.2) is 0 Å². The van der Waals surface area contributed by atoms with E-state index in [4.69, 9.17) is 4.74 Å².